The minimum absolute atomic E-state index is 0.162. The van der Waals surface area contributed by atoms with Crippen LogP contribution in [0.15, 0.2) is 30.3 Å². The van der Waals surface area contributed by atoms with Crippen LogP contribution in [-0.4, -0.2) is 30.1 Å². The van der Waals surface area contributed by atoms with Crippen LogP contribution >= 0.6 is 0 Å². The second kappa shape index (κ2) is 5.12. The second-order valence-corrected chi connectivity index (χ2v) is 4.18. The fourth-order valence-corrected chi connectivity index (χ4v) is 1.92. The Hall–Kier alpha value is -1.35. The molecule has 1 amide bonds. The third kappa shape index (κ3) is 2.61. The van der Waals surface area contributed by atoms with E-state index in [-0.39, 0.29) is 11.9 Å². The van der Waals surface area contributed by atoms with Crippen molar-refractivity contribution in [1.82, 2.24) is 4.90 Å². The van der Waals surface area contributed by atoms with Gasteiger partial charge in [-0.3, -0.25) is 4.79 Å². The van der Waals surface area contributed by atoms with Crippen LogP contribution in [0.5, 0.6) is 0 Å². The summed E-state index contributed by atoms with van der Waals surface area (Å²) in [5.41, 5.74) is 1.17. The highest BCUT2D eigenvalue weighted by atomic mass is 16.5. The van der Waals surface area contributed by atoms with E-state index in [4.69, 9.17) is 4.74 Å². The first-order valence-electron chi connectivity index (χ1n) is 5.68. The van der Waals surface area contributed by atoms with E-state index in [1.165, 1.54) is 5.56 Å². The Morgan fingerprint density at radius 1 is 1.38 bits per heavy atom. The normalized spacial score (nSPS) is 21.9. The number of rotatable bonds is 2. The van der Waals surface area contributed by atoms with E-state index in [1.807, 2.05) is 42.2 Å². The lowest BCUT2D eigenvalue weighted by molar-refractivity contribution is -0.132. The lowest BCUT2D eigenvalue weighted by Crippen LogP contribution is -2.38. The molecule has 86 valence electrons. The lowest BCUT2D eigenvalue weighted by Gasteiger charge is -2.26. The van der Waals surface area contributed by atoms with Gasteiger partial charge in [-0.25, -0.2) is 0 Å². The molecular weight excluding hydrogens is 202 g/mol. The number of amides is 1. The fourth-order valence-electron chi connectivity index (χ4n) is 1.92. The Balaban J connectivity index is 2.09. The third-order valence-corrected chi connectivity index (χ3v) is 2.87. The summed E-state index contributed by atoms with van der Waals surface area (Å²) in [6.45, 7) is 3.91. The van der Waals surface area contributed by atoms with E-state index in [9.17, 15) is 4.79 Å². The maximum atomic E-state index is 11.9. The van der Waals surface area contributed by atoms with Crippen molar-refractivity contribution in [2.24, 2.45) is 0 Å². The SMILES string of the molecule is CC1COCCC(=O)N1Cc1ccccc1. The van der Waals surface area contributed by atoms with Crippen LogP contribution in [0.3, 0.4) is 0 Å². The number of benzene rings is 1. The van der Waals surface area contributed by atoms with Gasteiger partial charge in [0.05, 0.1) is 25.7 Å². The number of hydrogen-bond donors (Lipinski definition) is 0. The molecule has 0 radical (unpaired) electrons. The Bertz CT molecular complexity index is 350. The minimum atomic E-state index is 0.162. The molecule has 0 bridgehead atoms. The van der Waals surface area contributed by atoms with Crippen molar-refractivity contribution in [1.29, 1.82) is 0 Å². The van der Waals surface area contributed by atoms with Gasteiger partial charge in [0.25, 0.3) is 0 Å². The fraction of sp³-hybridized carbons (Fsp3) is 0.462. The van der Waals surface area contributed by atoms with E-state index in [0.29, 0.717) is 26.2 Å². The zero-order valence-corrected chi connectivity index (χ0v) is 9.56. The Morgan fingerprint density at radius 2 is 2.12 bits per heavy atom. The molecule has 1 unspecified atom stereocenters. The maximum Gasteiger partial charge on any atom is 0.225 e. The molecule has 1 atom stereocenters. The summed E-state index contributed by atoms with van der Waals surface area (Å²) in [6.07, 6.45) is 0.497. The molecule has 0 spiro atoms. The third-order valence-electron chi connectivity index (χ3n) is 2.87. The highest BCUT2D eigenvalue weighted by Crippen LogP contribution is 2.13. The predicted molar refractivity (Wildman–Crippen MR) is 61.9 cm³/mol. The molecule has 3 nitrogen and oxygen atoms in total. The molecular formula is C13H17NO2. The van der Waals surface area contributed by atoms with E-state index >= 15 is 0 Å². The molecule has 3 heteroatoms. The molecule has 1 heterocycles. The molecule has 0 aromatic heterocycles. The summed E-state index contributed by atoms with van der Waals surface area (Å²) in [5, 5.41) is 0. The van der Waals surface area contributed by atoms with Crippen LogP contribution in [0.25, 0.3) is 0 Å². The zero-order chi connectivity index (χ0) is 11.4. The summed E-state index contributed by atoms with van der Waals surface area (Å²) in [5.74, 6) is 0.189. The van der Waals surface area contributed by atoms with Crippen LogP contribution in [0, 0.1) is 0 Å². The number of carbonyl (C=O) groups is 1. The summed E-state index contributed by atoms with van der Waals surface area (Å²) in [7, 11) is 0. The van der Waals surface area contributed by atoms with Gasteiger partial charge in [0.15, 0.2) is 0 Å². The number of ether oxygens (including phenoxy) is 1. The van der Waals surface area contributed by atoms with E-state index in [2.05, 4.69) is 0 Å². The van der Waals surface area contributed by atoms with Crippen molar-refractivity contribution < 1.29 is 9.53 Å². The first-order chi connectivity index (χ1) is 7.77. The average Bonchev–Trinajstić information content (AvgIpc) is 2.46. The summed E-state index contributed by atoms with van der Waals surface area (Å²) < 4.78 is 5.38. The van der Waals surface area contributed by atoms with E-state index in [0.717, 1.165) is 0 Å². The molecule has 0 aliphatic carbocycles. The molecule has 16 heavy (non-hydrogen) atoms. The number of carbonyl (C=O) groups excluding carboxylic acids is 1. The van der Waals surface area contributed by atoms with Gasteiger partial charge < -0.3 is 9.64 Å². The van der Waals surface area contributed by atoms with Crippen molar-refractivity contribution in [3.05, 3.63) is 35.9 Å². The maximum absolute atomic E-state index is 11.9. The molecule has 1 fully saturated rings. The Labute approximate surface area is 96.0 Å². The van der Waals surface area contributed by atoms with Crippen molar-refractivity contribution in [2.45, 2.75) is 25.9 Å². The first-order valence-corrected chi connectivity index (χ1v) is 5.68. The van der Waals surface area contributed by atoms with Crippen LogP contribution < -0.4 is 0 Å². The summed E-state index contributed by atoms with van der Waals surface area (Å²) in [4.78, 5) is 13.8. The van der Waals surface area contributed by atoms with Crippen LogP contribution in [0.2, 0.25) is 0 Å². The number of hydrogen-bond acceptors (Lipinski definition) is 2. The van der Waals surface area contributed by atoms with Gasteiger partial charge in [-0.1, -0.05) is 30.3 Å². The Morgan fingerprint density at radius 3 is 2.88 bits per heavy atom. The largest absolute Gasteiger partial charge is 0.379 e. The van der Waals surface area contributed by atoms with Gasteiger partial charge in [-0.15, -0.1) is 0 Å². The highest BCUT2D eigenvalue weighted by molar-refractivity contribution is 5.76. The number of nitrogens with zero attached hydrogens (tertiary/aromatic N) is 1. The quantitative estimate of drug-likeness (QED) is 0.759. The molecule has 1 aliphatic heterocycles. The van der Waals surface area contributed by atoms with Crippen molar-refractivity contribution in [3.8, 4) is 0 Å². The smallest absolute Gasteiger partial charge is 0.225 e. The topological polar surface area (TPSA) is 29.5 Å². The predicted octanol–water partition coefficient (Wildman–Crippen LogP) is 1.82. The van der Waals surface area contributed by atoms with Gasteiger partial charge >= 0.3 is 0 Å². The molecule has 0 N–H and O–H groups in total. The van der Waals surface area contributed by atoms with Crippen molar-refractivity contribution in [2.75, 3.05) is 13.2 Å². The molecule has 0 saturated carbocycles. The van der Waals surface area contributed by atoms with Gasteiger partial charge in [-0.2, -0.15) is 0 Å². The second-order valence-electron chi connectivity index (χ2n) is 4.18. The van der Waals surface area contributed by atoms with Gasteiger partial charge in [0.2, 0.25) is 5.91 Å². The molecule has 2 rings (SSSR count). The molecule has 1 aromatic carbocycles. The van der Waals surface area contributed by atoms with E-state index < -0.39 is 0 Å². The van der Waals surface area contributed by atoms with Gasteiger partial charge in [0, 0.05) is 6.54 Å². The average molecular weight is 219 g/mol. The standard InChI is InChI=1S/C13H17NO2/c1-11-10-16-8-7-13(15)14(11)9-12-5-3-2-4-6-12/h2-6,11H,7-10H2,1H3. The van der Waals surface area contributed by atoms with Crippen LogP contribution in [0.4, 0.5) is 0 Å². The van der Waals surface area contributed by atoms with Gasteiger partial charge in [0.1, 0.15) is 0 Å². The van der Waals surface area contributed by atoms with Crippen molar-refractivity contribution >= 4 is 5.91 Å². The minimum Gasteiger partial charge on any atom is -0.379 e. The van der Waals surface area contributed by atoms with Crippen LogP contribution in [-0.2, 0) is 16.1 Å². The van der Waals surface area contributed by atoms with E-state index in [1.54, 1.807) is 0 Å². The van der Waals surface area contributed by atoms with Gasteiger partial charge in [-0.05, 0) is 12.5 Å². The highest BCUT2D eigenvalue weighted by Gasteiger charge is 2.23. The lowest BCUT2D eigenvalue weighted by atomic mass is 10.2. The summed E-state index contributed by atoms with van der Waals surface area (Å²) in [6, 6.07) is 10.2. The Kier molecular flexibility index (Phi) is 3.57. The molecule has 1 aliphatic rings. The first kappa shape index (κ1) is 11.1. The monoisotopic (exact) mass is 219 g/mol. The van der Waals surface area contributed by atoms with Crippen molar-refractivity contribution in [3.63, 3.8) is 0 Å². The molecule has 1 aromatic rings. The summed E-state index contributed by atoms with van der Waals surface area (Å²) >= 11 is 0. The van der Waals surface area contributed by atoms with Crippen LogP contribution in [0.1, 0.15) is 18.9 Å². The molecule has 1 saturated heterocycles. The zero-order valence-electron chi connectivity index (χ0n) is 9.56.